The normalized spacial score (nSPS) is 17.4. The largest absolute Gasteiger partial charge is 0.872 e. The van der Waals surface area contributed by atoms with Gasteiger partial charge in [0.05, 0.1) is 40.4 Å². The number of methoxy groups -OCH3 is 1. The Labute approximate surface area is 201 Å². The van der Waals surface area contributed by atoms with Gasteiger partial charge in [0.25, 0.3) is 5.91 Å². The van der Waals surface area contributed by atoms with Gasteiger partial charge in [-0.25, -0.2) is 0 Å². The molecular weight excluding hydrogens is 432 g/mol. The maximum absolute atomic E-state index is 13.6. The molecular formula is C27H34N2O5. The third kappa shape index (κ3) is 5.59. The summed E-state index contributed by atoms with van der Waals surface area (Å²) in [5, 5.41) is 13.6. The maximum Gasteiger partial charge on any atom is 0.295 e. The van der Waals surface area contributed by atoms with Gasteiger partial charge >= 0.3 is 0 Å². The molecule has 3 rings (SSSR count). The first-order valence-corrected chi connectivity index (χ1v) is 11.8. The molecule has 2 aromatic carbocycles. The standard InChI is InChI=1S/C27H34N2O5/c1-5-6-18-34-20-14-12-19(13-15-20)25(30)23-24(21-10-7-8-11-22(21)33-4)29(27(32)26(23)31)17-9-16-28(2)3/h7-8,10-15,24,30H,5-6,9,16-18H2,1-4H3. The first kappa shape index (κ1) is 25.3. The summed E-state index contributed by atoms with van der Waals surface area (Å²) in [6, 6.07) is 13.2. The van der Waals surface area contributed by atoms with Crippen LogP contribution in [-0.2, 0) is 9.59 Å². The van der Waals surface area contributed by atoms with Gasteiger partial charge < -0.3 is 24.4 Å². The van der Waals surface area contributed by atoms with E-state index < -0.39 is 23.5 Å². The fourth-order valence-electron chi connectivity index (χ4n) is 4.11. The molecule has 7 nitrogen and oxygen atoms in total. The number of quaternary nitrogens is 1. The minimum absolute atomic E-state index is 0.0358. The molecule has 34 heavy (non-hydrogen) atoms. The number of benzene rings is 2. The Hall–Kier alpha value is -3.32. The number of para-hydroxylation sites is 1. The Morgan fingerprint density at radius 1 is 1.06 bits per heavy atom. The van der Waals surface area contributed by atoms with E-state index in [9.17, 15) is 14.7 Å². The van der Waals surface area contributed by atoms with Gasteiger partial charge in [-0.1, -0.05) is 49.4 Å². The molecule has 1 atom stereocenters. The average molecular weight is 467 g/mol. The quantitative estimate of drug-likeness (QED) is 0.236. The third-order valence-corrected chi connectivity index (χ3v) is 5.92. The van der Waals surface area contributed by atoms with Crippen LogP contribution >= 0.6 is 0 Å². The first-order valence-electron chi connectivity index (χ1n) is 11.8. The van der Waals surface area contributed by atoms with E-state index in [4.69, 9.17) is 9.47 Å². The summed E-state index contributed by atoms with van der Waals surface area (Å²) < 4.78 is 11.2. The molecule has 1 saturated heterocycles. The van der Waals surface area contributed by atoms with Crippen molar-refractivity contribution in [2.45, 2.75) is 32.2 Å². The van der Waals surface area contributed by atoms with Gasteiger partial charge in [0.2, 0.25) is 5.78 Å². The van der Waals surface area contributed by atoms with E-state index in [1.54, 1.807) is 36.4 Å². The maximum atomic E-state index is 13.6. The number of carbonyl (C=O) groups is 2. The van der Waals surface area contributed by atoms with Gasteiger partial charge in [-0.3, -0.25) is 9.59 Å². The lowest BCUT2D eigenvalue weighted by Gasteiger charge is -2.28. The summed E-state index contributed by atoms with van der Waals surface area (Å²) >= 11 is 0. The minimum Gasteiger partial charge on any atom is -0.872 e. The lowest BCUT2D eigenvalue weighted by atomic mass is 9.94. The van der Waals surface area contributed by atoms with Crippen molar-refractivity contribution in [3.8, 4) is 11.5 Å². The fraction of sp³-hybridized carbons (Fsp3) is 0.407. The molecule has 0 radical (unpaired) electrons. The Bertz CT molecular complexity index is 1030. The van der Waals surface area contributed by atoms with Gasteiger partial charge in [-0.2, -0.15) is 0 Å². The predicted molar refractivity (Wildman–Crippen MR) is 129 cm³/mol. The van der Waals surface area contributed by atoms with E-state index in [2.05, 4.69) is 6.92 Å². The fourth-order valence-corrected chi connectivity index (χ4v) is 4.11. The smallest absolute Gasteiger partial charge is 0.295 e. The number of ether oxygens (including phenoxy) is 2. The highest BCUT2D eigenvalue weighted by atomic mass is 16.5. The van der Waals surface area contributed by atoms with Gasteiger partial charge in [-0.05, 0) is 30.2 Å². The van der Waals surface area contributed by atoms with Crippen LogP contribution in [0.5, 0.6) is 11.5 Å². The molecule has 0 aliphatic carbocycles. The van der Waals surface area contributed by atoms with E-state index in [1.807, 2.05) is 26.2 Å². The Morgan fingerprint density at radius 3 is 2.41 bits per heavy atom. The molecule has 1 aliphatic rings. The molecule has 1 amide bonds. The Kier molecular flexibility index (Phi) is 8.71. The van der Waals surface area contributed by atoms with Crippen LogP contribution in [-0.4, -0.2) is 57.5 Å². The van der Waals surface area contributed by atoms with Gasteiger partial charge in [0.1, 0.15) is 11.5 Å². The second-order valence-electron chi connectivity index (χ2n) is 8.75. The number of nitrogens with one attached hydrogen (secondary N) is 1. The van der Waals surface area contributed by atoms with E-state index >= 15 is 0 Å². The monoisotopic (exact) mass is 466 g/mol. The van der Waals surface area contributed by atoms with Crippen LogP contribution in [0.25, 0.3) is 5.76 Å². The molecule has 182 valence electrons. The number of ketones is 1. The molecule has 0 saturated carbocycles. The number of carbonyl (C=O) groups excluding carboxylic acids is 2. The van der Waals surface area contributed by atoms with Crippen LogP contribution in [0, 0.1) is 0 Å². The number of rotatable bonds is 11. The van der Waals surface area contributed by atoms with Gasteiger partial charge in [-0.15, -0.1) is 0 Å². The van der Waals surface area contributed by atoms with Crippen molar-refractivity contribution >= 4 is 17.4 Å². The number of unbranched alkanes of at least 4 members (excludes halogenated alkanes) is 1. The van der Waals surface area contributed by atoms with Crippen LogP contribution in [0.4, 0.5) is 0 Å². The molecule has 1 aliphatic heterocycles. The second-order valence-corrected chi connectivity index (χ2v) is 8.75. The SMILES string of the molecule is CCCCOc1ccc(C([O-])=C2C(=O)C(=O)N(CCC[NH+](C)C)C2c2ccccc2OC)cc1. The van der Waals surface area contributed by atoms with Crippen molar-refractivity contribution < 1.29 is 29.1 Å². The molecule has 1 fully saturated rings. The lowest BCUT2D eigenvalue weighted by molar-refractivity contribution is -0.858. The summed E-state index contributed by atoms with van der Waals surface area (Å²) in [7, 11) is 5.60. The van der Waals surface area contributed by atoms with Crippen molar-refractivity contribution in [3.63, 3.8) is 0 Å². The number of nitrogens with zero attached hydrogens (tertiary/aromatic N) is 1. The highest BCUT2D eigenvalue weighted by molar-refractivity contribution is 6.46. The second kappa shape index (κ2) is 11.7. The first-order chi connectivity index (χ1) is 16.4. The lowest BCUT2D eigenvalue weighted by Crippen LogP contribution is -3.05. The zero-order valence-corrected chi connectivity index (χ0v) is 20.4. The summed E-state index contributed by atoms with van der Waals surface area (Å²) in [6.07, 6.45) is 2.68. The third-order valence-electron chi connectivity index (χ3n) is 5.92. The topological polar surface area (TPSA) is 83.3 Å². The molecule has 0 spiro atoms. The molecule has 1 heterocycles. The number of hydrogen-bond donors (Lipinski definition) is 1. The zero-order chi connectivity index (χ0) is 24.7. The van der Waals surface area contributed by atoms with E-state index in [0.29, 0.717) is 42.2 Å². The van der Waals surface area contributed by atoms with Gasteiger partial charge in [0.15, 0.2) is 0 Å². The molecule has 7 heteroatoms. The summed E-state index contributed by atoms with van der Waals surface area (Å²) in [6.45, 7) is 3.90. The number of Topliss-reactive ketones (excluding diaryl/α,β-unsaturated/α-hetero) is 1. The van der Waals surface area contributed by atoms with Crippen LogP contribution in [0.1, 0.15) is 43.4 Å². The molecule has 0 aromatic heterocycles. The van der Waals surface area contributed by atoms with Crippen molar-refractivity contribution in [2.24, 2.45) is 0 Å². The van der Waals surface area contributed by atoms with Crippen LogP contribution in [0.3, 0.4) is 0 Å². The Balaban J connectivity index is 2.02. The van der Waals surface area contributed by atoms with Gasteiger partial charge in [0, 0.05) is 24.1 Å². The van der Waals surface area contributed by atoms with E-state index in [0.717, 1.165) is 19.4 Å². The Morgan fingerprint density at radius 2 is 1.76 bits per heavy atom. The van der Waals surface area contributed by atoms with Crippen molar-refractivity contribution in [1.29, 1.82) is 0 Å². The highest BCUT2D eigenvalue weighted by Gasteiger charge is 2.44. The minimum atomic E-state index is -0.790. The number of hydrogen-bond acceptors (Lipinski definition) is 5. The van der Waals surface area contributed by atoms with E-state index in [1.165, 1.54) is 16.9 Å². The molecule has 2 aromatic rings. The van der Waals surface area contributed by atoms with Crippen molar-refractivity contribution in [3.05, 3.63) is 65.2 Å². The van der Waals surface area contributed by atoms with Crippen molar-refractivity contribution in [1.82, 2.24) is 4.90 Å². The summed E-state index contributed by atoms with van der Waals surface area (Å²) in [4.78, 5) is 28.9. The molecule has 1 N–H and O–H groups in total. The molecule has 0 bridgehead atoms. The van der Waals surface area contributed by atoms with Crippen LogP contribution < -0.4 is 19.5 Å². The average Bonchev–Trinajstić information content (AvgIpc) is 3.09. The highest BCUT2D eigenvalue weighted by Crippen LogP contribution is 2.42. The summed E-state index contributed by atoms with van der Waals surface area (Å²) in [5.74, 6) is -0.648. The van der Waals surface area contributed by atoms with Crippen LogP contribution in [0.15, 0.2) is 54.1 Å². The predicted octanol–water partition coefficient (Wildman–Crippen LogP) is 1.63. The number of amides is 1. The van der Waals surface area contributed by atoms with Crippen LogP contribution in [0.2, 0.25) is 0 Å². The van der Waals surface area contributed by atoms with E-state index in [-0.39, 0.29) is 5.57 Å². The van der Waals surface area contributed by atoms with Crippen molar-refractivity contribution in [2.75, 3.05) is 40.9 Å². The number of likely N-dealkylation sites (tertiary alicyclic amines) is 1. The summed E-state index contributed by atoms with van der Waals surface area (Å²) in [5.41, 5.74) is 0.939. The zero-order valence-electron chi connectivity index (χ0n) is 20.4. The molecule has 1 unspecified atom stereocenters.